The van der Waals surface area contributed by atoms with E-state index in [1.165, 1.54) is 23.8 Å². The molecule has 0 N–H and O–H groups in total. The van der Waals surface area contributed by atoms with E-state index in [1.807, 2.05) is 23.1 Å². The highest BCUT2D eigenvalue weighted by atomic mass is 32.2. The molecule has 3 rings (SSSR count). The molecule has 1 aliphatic heterocycles. The minimum Gasteiger partial charge on any atom is -0.366 e. The summed E-state index contributed by atoms with van der Waals surface area (Å²) in [7, 11) is -3.41. The van der Waals surface area contributed by atoms with E-state index in [4.69, 9.17) is 0 Å². The maximum absolute atomic E-state index is 11.8. The van der Waals surface area contributed by atoms with Crippen LogP contribution in [0.3, 0.4) is 0 Å². The minimum atomic E-state index is -3.41. The van der Waals surface area contributed by atoms with Crippen LogP contribution >= 0.6 is 0 Å². The Labute approximate surface area is 153 Å². The predicted molar refractivity (Wildman–Crippen MR) is 101 cm³/mol. The third-order valence-corrected chi connectivity index (χ3v) is 6.00. The molecule has 0 atom stereocenters. The summed E-state index contributed by atoms with van der Waals surface area (Å²) >= 11 is 0. The number of nitro groups is 1. The van der Waals surface area contributed by atoms with E-state index in [0.29, 0.717) is 24.7 Å². The van der Waals surface area contributed by atoms with Crippen molar-refractivity contribution in [1.29, 1.82) is 0 Å². The first-order chi connectivity index (χ1) is 12.3. The largest absolute Gasteiger partial charge is 0.366 e. The van der Waals surface area contributed by atoms with E-state index in [1.54, 1.807) is 0 Å². The van der Waals surface area contributed by atoms with E-state index < -0.39 is 14.8 Å². The van der Waals surface area contributed by atoms with Gasteiger partial charge in [-0.05, 0) is 42.9 Å². The summed E-state index contributed by atoms with van der Waals surface area (Å²) in [5.74, 6) is 0.533. The first-order valence-corrected chi connectivity index (χ1v) is 10.5. The van der Waals surface area contributed by atoms with Gasteiger partial charge in [0.1, 0.15) is 5.69 Å². The molecule has 1 heterocycles. The Morgan fingerprint density at radius 3 is 2.35 bits per heavy atom. The highest BCUT2D eigenvalue weighted by molar-refractivity contribution is 7.90. The van der Waals surface area contributed by atoms with Gasteiger partial charge in [-0.2, -0.15) is 0 Å². The van der Waals surface area contributed by atoms with Crippen molar-refractivity contribution in [3.63, 3.8) is 0 Å². The quantitative estimate of drug-likeness (QED) is 0.591. The van der Waals surface area contributed by atoms with Gasteiger partial charge in [-0.25, -0.2) is 8.42 Å². The van der Waals surface area contributed by atoms with Crippen LogP contribution in [-0.2, 0) is 16.3 Å². The molecule has 7 heteroatoms. The predicted octanol–water partition coefficient (Wildman–Crippen LogP) is 3.46. The molecule has 2 aromatic rings. The van der Waals surface area contributed by atoms with Gasteiger partial charge in [0, 0.05) is 25.4 Å². The number of hydrogen-bond donors (Lipinski definition) is 0. The summed E-state index contributed by atoms with van der Waals surface area (Å²) < 4.78 is 23.6. The lowest BCUT2D eigenvalue weighted by atomic mass is 9.90. The van der Waals surface area contributed by atoms with Gasteiger partial charge in [-0.3, -0.25) is 10.1 Å². The molecule has 0 spiro atoms. The van der Waals surface area contributed by atoms with Gasteiger partial charge in [0.25, 0.3) is 5.69 Å². The molecule has 1 aliphatic rings. The van der Waals surface area contributed by atoms with Crippen LogP contribution in [0.25, 0.3) is 0 Å². The van der Waals surface area contributed by atoms with Crippen LogP contribution in [0.5, 0.6) is 0 Å². The number of rotatable bonds is 5. The van der Waals surface area contributed by atoms with Gasteiger partial charge >= 0.3 is 0 Å². The van der Waals surface area contributed by atoms with Gasteiger partial charge in [-0.1, -0.05) is 30.3 Å². The molecule has 1 saturated heterocycles. The summed E-state index contributed by atoms with van der Waals surface area (Å²) in [6.07, 6.45) is 3.97. The summed E-state index contributed by atoms with van der Waals surface area (Å²) in [5.41, 5.74) is 1.66. The van der Waals surface area contributed by atoms with Crippen molar-refractivity contribution in [3.8, 4) is 0 Å². The maximum atomic E-state index is 11.8. The zero-order valence-electron chi connectivity index (χ0n) is 14.7. The van der Waals surface area contributed by atoms with Crippen molar-refractivity contribution in [2.45, 2.75) is 24.2 Å². The summed E-state index contributed by atoms with van der Waals surface area (Å²) in [6, 6.07) is 14.3. The molecule has 1 fully saturated rings. The van der Waals surface area contributed by atoms with Crippen LogP contribution in [0.4, 0.5) is 11.4 Å². The standard InChI is InChI=1S/C19H22N2O4S/c1-26(24,25)17-7-8-18(21(22)23)19(14-17)20-11-9-16(10-12-20)13-15-5-3-2-4-6-15/h2-8,14,16H,9-13H2,1H3. The average Bonchev–Trinajstić information content (AvgIpc) is 2.62. The Morgan fingerprint density at radius 2 is 1.77 bits per heavy atom. The molecule has 0 aromatic heterocycles. The van der Waals surface area contributed by atoms with Gasteiger partial charge in [0.05, 0.1) is 9.82 Å². The molecular formula is C19H22N2O4S. The SMILES string of the molecule is CS(=O)(=O)c1ccc([N+](=O)[O-])c(N2CCC(Cc3ccccc3)CC2)c1. The van der Waals surface area contributed by atoms with Crippen molar-refractivity contribution in [2.24, 2.45) is 5.92 Å². The highest BCUT2D eigenvalue weighted by Gasteiger charge is 2.26. The number of hydrogen-bond acceptors (Lipinski definition) is 5. The Balaban J connectivity index is 1.77. The normalized spacial score (nSPS) is 15.8. The molecule has 138 valence electrons. The van der Waals surface area contributed by atoms with Crippen molar-refractivity contribution in [1.82, 2.24) is 0 Å². The fourth-order valence-electron chi connectivity index (χ4n) is 3.47. The summed E-state index contributed by atoms with van der Waals surface area (Å²) in [4.78, 5) is 13.0. The number of nitrogens with zero attached hydrogens (tertiary/aromatic N) is 2. The Kier molecular flexibility index (Phi) is 5.27. The number of benzene rings is 2. The van der Waals surface area contributed by atoms with Crippen LogP contribution < -0.4 is 4.90 Å². The average molecular weight is 374 g/mol. The van der Waals surface area contributed by atoms with Crippen molar-refractivity contribution < 1.29 is 13.3 Å². The van der Waals surface area contributed by atoms with Crippen molar-refractivity contribution in [3.05, 3.63) is 64.2 Å². The van der Waals surface area contributed by atoms with Crippen LogP contribution in [0.15, 0.2) is 53.4 Å². The molecule has 0 radical (unpaired) electrons. The Hall–Kier alpha value is -2.41. The Bertz CT molecular complexity index is 889. The smallest absolute Gasteiger partial charge is 0.292 e. The maximum Gasteiger partial charge on any atom is 0.292 e. The fraction of sp³-hybridized carbons (Fsp3) is 0.368. The second kappa shape index (κ2) is 7.45. The second-order valence-electron chi connectivity index (χ2n) is 6.80. The Morgan fingerprint density at radius 1 is 1.12 bits per heavy atom. The molecule has 0 aliphatic carbocycles. The van der Waals surface area contributed by atoms with Crippen LogP contribution in [0, 0.1) is 16.0 Å². The van der Waals surface area contributed by atoms with E-state index >= 15 is 0 Å². The lowest BCUT2D eigenvalue weighted by Gasteiger charge is -2.33. The van der Waals surface area contributed by atoms with Crippen LogP contribution in [-0.4, -0.2) is 32.7 Å². The van der Waals surface area contributed by atoms with Gasteiger partial charge in [0.15, 0.2) is 9.84 Å². The molecule has 0 saturated carbocycles. The molecule has 2 aromatic carbocycles. The first kappa shape index (κ1) is 18.4. The highest BCUT2D eigenvalue weighted by Crippen LogP contribution is 2.34. The number of sulfone groups is 1. The monoisotopic (exact) mass is 374 g/mol. The second-order valence-corrected chi connectivity index (χ2v) is 8.82. The van der Waals surface area contributed by atoms with E-state index in [2.05, 4.69) is 12.1 Å². The van der Waals surface area contributed by atoms with Gasteiger partial charge in [-0.15, -0.1) is 0 Å². The lowest BCUT2D eigenvalue weighted by molar-refractivity contribution is -0.384. The minimum absolute atomic E-state index is 0.0427. The van der Waals surface area contributed by atoms with Gasteiger partial charge < -0.3 is 4.90 Å². The molecular weight excluding hydrogens is 352 g/mol. The molecule has 26 heavy (non-hydrogen) atoms. The topological polar surface area (TPSA) is 80.5 Å². The van der Waals surface area contributed by atoms with Gasteiger partial charge in [0.2, 0.25) is 0 Å². The summed E-state index contributed by atoms with van der Waals surface area (Å²) in [5, 5.41) is 11.4. The number of piperidine rings is 1. The van der Waals surface area contributed by atoms with E-state index in [9.17, 15) is 18.5 Å². The third kappa shape index (κ3) is 4.22. The molecule has 0 bridgehead atoms. The van der Waals surface area contributed by atoms with Crippen LogP contribution in [0.1, 0.15) is 18.4 Å². The van der Waals surface area contributed by atoms with E-state index in [0.717, 1.165) is 25.5 Å². The number of anilines is 1. The van der Waals surface area contributed by atoms with E-state index in [-0.39, 0.29) is 10.6 Å². The van der Waals surface area contributed by atoms with Crippen LogP contribution in [0.2, 0.25) is 0 Å². The molecule has 0 unspecified atom stereocenters. The van der Waals surface area contributed by atoms with Crippen molar-refractivity contribution in [2.75, 3.05) is 24.2 Å². The third-order valence-electron chi connectivity index (χ3n) is 4.89. The molecule has 0 amide bonds. The number of nitro benzene ring substituents is 1. The van der Waals surface area contributed by atoms with Crippen molar-refractivity contribution >= 4 is 21.2 Å². The fourth-order valence-corrected chi connectivity index (χ4v) is 4.11. The zero-order valence-corrected chi connectivity index (χ0v) is 15.5. The first-order valence-electron chi connectivity index (χ1n) is 8.62. The molecule has 6 nitrogen and oxygen atoms in total. The lowest BCUT2D eigenvalue weighted by Crippen LogP contribution is -2.34. The zero-order chi connectivity index (χ0) is 18.7. The summed E-state index contributed by atoms with van der Waals surface area (Å²) in [6.45, 7) is 1.37.